The summed E-state index contributed by atoms with van der Waals surface area (Å²) in [6.45, 7) is 0. The summed E-state index contributed by atoms with van der Waals surface area (Å²) in [6.07, 6.45) is 0. The van der Waals surface area contributed by atoms with Crippen LogP contribution in [-0.2, 0) is 10.0 Å². The topological polar surface area (TPSA) is 72.2 Å². The number of sulfonamides is 1. The summed E-state index contributed by atoms with van der Waals surface area (Å²) in [5, 5.41) is 0. The van der Waals surface area contributed by atoms with Crippen molar-refractivity contribution in [2.24, 2.45) is 0 Å². The SMILES string of the molecule is Nc1cc(S(=O)(=O)Nc2ccc(F)cc2)ccc1F. The minimum atomic E-state index is -3.88. The van der Waals surface area contributed by atoms with Crippen molar-refractivity contribution in [3.05, 3.63) is 54.1 Å². The molecule has 0 aliphatic carbocycles. The average Bonchev–Trinajstić information content (AvgIpc) is 2.35. The molecule has 0 heterocycles. The van der Waals surface area contributed by atoms with Gasteiger partial charge in [-0.25, -0.2) is 17.2 Å². The molecule has 7 heteroatoms. The third kappa shape index (κ3) is 3.00. The highest BCUT2D eigenvalue weighted by Crippen LogP contribution is 2.20. The molecule has 4 nitrogen and oxygen atoms in total. The molecule has 0 amide bonds. The second-order valence-corrected chi connectivity index (χ2v) is 5.48. The maximum absolute atomic E-state index is 13.0. The van der Waals surface area contributed by atoms with Gasteiger partial charge < -0.3 is 5.73 Å². The van der Waals surface area contributed by atoms with Gasteiger partial charge in [-0.15, -0.1) is 0 Å². The Labute approximate surface area is 108 Å². The second-order valence-electron chi connectivity index (χ2n) is 3.80. The number of hydrogen-bond acceptors (Lipinski definition) is 3. The van der Waals surface area contributed by atoms with Crippen molar-refractivity contribution in [3.8, 4) is 0 Å². The molecule has 0 aromatic heterocycles. The van der Waals surface area contributed by atoms with Crippen molar-refractivity contribution in [2.45, 2.75) is 4.90 Å². The van der Waals surface area contributed by atoms with E-state index in [0.717, 1.165) is 30.3 Å². The maximum atomic E-state index is 13.0. The lowest BCUT2D eigenvalue weighted by Crippen LogP contribution is -2.13. The van der Waals surface area contributed by atoms with Gasteiger partial charge in [0.25, 0.3) is 10.0 Å². The monoisotopic (exact) mass is 284 g/mol. The first-order valence-corrected chi connectivity index (χ1v) is 6.70. The largest absolute Gasteiger partial charge is 0.396 e. The van der Waals surface area contributed by atoms with Gasteiger partial charge in [-0.05, 0) is 42.5 Å². The van der Waals surface area contributed by atoms with Crippen molar-refractivity contribution in [1.82, 2.24) is 0 Å². The summed E-state index contributed by atoms with van der Waals surface area (Å²) >= 11 is 0. The van der Waals surface area contributed by atoms with Crippen LogP contribution in [0.3, 0.4) is 0 Å². The summed E-state index contributed by atoms with van der Waals surface area (Å²) in [5.41, 5.74) is 5.25. The first-order valence-electron chi connectivity index (χ1n) is 5.22. The Morgan fingerprint density at radius 3 is 2.21 bits per heavy atom. The maximum Gasteiger partial charge on any atom is 0.261 e. The highest BCUT2D eigenvalue weighted by atomic mass is 32.2. The van der Waals surface area contributed by atoms with Gasteiger partial charge in [0.15, 0.2) is 0 Å². The van der Waals surface area contributed by atoms with E-state index in [1.165, 1.54) is 12.1 Å². The number of halogens is 2. The molecule has 0 spiro atoms. The Kier molecular flexibility index (Phi) is 3.39. The molecule has 0 radical (unpaired) electrons. The Morgan fingerprint density at radius 1 is 1.00 bits per heavy atom. The molecule has 0 aliphatic rings. The lowest BCUT2D eigenvalue weighted by atomic mass is 10.3. The van der Waals surface area contributed by atoms with E-state index in [0.29, 0.717) is 0 Å². The lowest BCUT2D eigenvalue weighted by Gasteiger charge is -2.08. The number of hydrogen-bond donors (Lipinski definition) is 2. The smallest absolute Gasteiger partial charge is 0.261 e. The molecule has 2 rings (SSSR count). The summed E-state index contributed by atoms with van der Waals surface area (Å²) in [7, 11) is -3.88. The Morgan fingerprint density at radius 2 is 1.63 bits per heavy atom. The van der Waals surface area contributed by atoms with E-state index < -0.39 is 21.7 Å². The fraction of sp³-hybridized carbons (Fsp3) is 0. The third-order valence-electron chi connectivity index (χ3n) is 2.37. The predicted octanol–water partition coefficient (Wildman–Crippen LogP) is 2.35. The highest BCUT2D eigenvalue weighted by molar-refractivity contribution is 7.92. The molecule has 2 aromatic carbocycles. The van der Waals surface area contributed by atoms with Crippen LogP contribution in [0, 0.1) is 11.6 Å². The summed E-state index contributed by atoms with van der Waals surface area (Å²) in [5.74, 6) is -1.17. The quantitative estimate of drug-likeness (QED) is 0.850. The normalized spacial score (nSPS) is 11.3. The third-order valence-corrected chi connectivity index (χ3v) is 3.75. The molecule has 0 saturated heterocycles. The van der Waals surface area contributed by atoms with Crippen molar-refractivity contribution >= 4 is 21.4 Å². The van der Waals surface area contributed by atoms with Crippen LogP contribution in [0.4, 0.5) is 20.2 Å². The second kappa shape index (κ2) is 4.85. The number of nitrogens with one attached hydrogen (secondary N) is 1. The van der Waals surface area contributed by atoms with Crippen molar-refractivity contribution in [3.63, 3.8) is 0 Å². The minimum Gasteiger partial charge on any atom is -0.396 e. The highest BCUT2D eigenvalue weighted by Gasteiger charge is 2.15. The number of anilines is 2. The van der Waals surface area contributed by atoms with Crippen LogP contribution >= 0.6 is 0 Å². The number of nitrogens with two attached hydrogens (primary N) is 1. The van der Waals surface area contributed by atoms with Crippen LogP contribution in [0.5, 0.6) is 0 Å². The van der Waals surface area contributed by atoms with Crippen molar-refractivity contribution in [2.75, 3.05) is 10.5 Å². The standard InChI is InChI=1S/C12H10F2N2O2S/c13-8-1-3-9(4-2-8)16-19(17,18)10-5-6-11(14)12(15)7-10/h1-7,16H,15H2. The van der Waals surface area contributed by atoms with Crippen LogP contribution in [0.15, 0.2) is 47.4 Å². The molecule has 19 heavy (non-hydrogen) atoms. The number of nitrogen functional groups attached to an aromatic ring is 1. The van der Waals surface area contributed by atoms with E-state index in [-0.39, 0.29) is 16.3 Å². The van der Waals surface area contributed by atoms with Crippen molar-refractivity contribution in [1.29, 1.82) is 0 Å². The van der Waals surface area contributed by atoms with Gasteiger partial charge in [0.05, 0.1) is 10.6 Å². The summed E-state index contributed by atoms with van der Waals surface area (Å²) in [4.78, 5) is -0.171. The first-order chi connectivity index (χ1) is 8.88. The van der Waals surface area contributed by atoms with Crippen LogP contribution in [-0.4, -0.2) is 8.42 Å². The van der Waals surface area contributed by atoms with Crippen LogP contribution in [0.25, 0.3) is 0 Å². The molecular formula is C12H10F2N2O2S. The predicted molar refractivity (Wildman–Crippen MR) is 68.0 cm³/mol. The zero-order valence-corrected chi connectivity index (χ0v) is 10.4. The number of rotatable bonds is 3. The van der Waals surface area contributed by atoms with Gasteiger partial charge in [-0.2, -0.15) is 0 Å². The fourth-order valence-corrected chi connectivity index (χ4v) is 2.51. The zero-order chi connectivity index (χ0) is 14.0. The Bertz CT molecular complexity index is 700. The first kappa shape index (κ1) is 13.3. The number of benzene rings is 2. The molecule has 0 atom stereocenters. The van der Waals surface area contributed by atoms with Crippen LogP contribution < -0.4 is 10.5 Å². The minimum absolute atomic E-state index is 0.171. The molecule has 0 bridgehead atoms. The molecule has 0 aliphatic heterocycles. The van der Waals surface area contributed by atoms with Crippen LogP contribution in [0.1, 0.15) is 0 Å². The Hall–Kier alpha value is -2.15. The Balaban J connectivity index is 2.32. The van der Waals surface area contributed by atoms with Gasteiger partial charge >= 0.3 is 0 Å². The molecule has 0 unspecified atom stereocenters. The van der Waals surface area contributed by atoms with E-state index in [4.69, 9.17) is 5.73 Å². The van der Waals surface area contributed by atoms with Crippen molar-refractivity contribution < 1.29 is 17.2 Å². The molecule has 3 N–H and O–H groups in total. The summed E-state index contributed by atoms with van der Waals surface area (Å²) < 4.78 is 51.9. The van der Waals surface area contributed by atoms with Crippen LogP contribution in [0.2, 0.25) is 0 Å². The summed E-state index contributed by atoms with van der Waals surface area (Å²) in [6, 6.07) is 7.88. The van der Waals surface area contributed by atoms with Gasteiger partial charge in [0.1, 0.15) is 11.6 Å². The fourth-order valence-electron chi connectivity index (χ4n) is 1.42. The van der Waals surface area contributed by atoms with Gasteiger partial charge in [0.2, 0.25) is 0 Å². The zero-order valence-electron chi connectivity index (χ0n) is 9.60. The van der Waals surface area contributed by atoms with E-state index in [2.05, 4.69) is 4.72 Å². The lowest BCUT2D eigenvalue weighted by molar-refractivity contribution is 0.600. The van der Waals surface area contributed by atoms with Gasteiger partial charge in [-0.1, -0.05) is 0 Å². The van der Waals surface area contributed by atoms with E-state index in [9.17, 15) is 17.2 Å². The van der Waals surface area contributed by atoms with Gasteiger partial charge in [-0.3, -0.25) is 4.72 Å². The molecule has 0 saturated carbocycles. The molecular weight excluding hydrogens is 274 g/mol. The molecule has 2 aromatic rings. The molecule has 0 fully saturated rings. The van der Waals surface area contributed by atoms with E-state index in [1.807, 2.05) is 0 Å². The van der Waals surface area contributed by atoms with E-state index in [1.54, 1.807) is 0 Å². The van der Waals surface area contributed by atoms with Gasteiger partial charge in [0, 0.05) is 5.69 Å². The molecule has 100 valence electrons. The van der Waals surface area contributed by atoms with E-state index >= 15 is 0 Å². The average molecular weight is 284 g/mol.